The molecule has 0 aliphatic carbocycles. The topological polar surface area (TPSA) is 53.4 Å². The molecule has 3 aromatic rings. The molecule has 0 spiro atoms. The van der Waals surface area contributed by atoms with Crippen LogP contribution in [0, 0.1) is 11.8 Å². The Hall–Kier alpha value is -3.52. The molecule has 0 unspecified atom stereocenters. The predicted octanol–water partition coefficient (Wildman–Crippen LogP) is 3.55. The highest BCUT2D eigenvalue weighted by Gasteiger charge is 2.19. The molecule has 0 N–H and O–H groups in total. The lowest BCUT2D eigenvalue weighted by molar-refractivity contribution is 0.102. The number of aromatic nitrogens is 2. The zero-order chi connectivity index (χ0) is 19.2. The van der Waals surface area contributed by atoms with Crippen LogP contribution in [-0.4, -0.2) is 29.8 Å². The fourth-order valence-electron chi connectivity index (χ4n) is 2.79. The zero-order valence-corrected chi connectivity index (χ0v) is 15.5. The Morgan fingerprint density at radius 3 is 2.52 bits per heavy atom. The van der Waals surface area contributed by atoms with Gasteiger partial charge in [-0.1, -0.05) is 18.1 Å². The molecule has 5 heteroatoms. The summed E-state index contributed by atoms with van der Waals surface area (Å²) < 4.78 is 12.3. The molecule has 0 bridgehead atoms. The quantitative estimate of drug-likeness (QED) is 0.498. The van der Waals surface area contributed by atoms with Crippen LogP contribution < -0.4 is 9.47 Å². The molecule has 0 fully saturated rings. The first-order chi connectivity index (χ1) is 13.2. The average Bonchev–Trinajstić information content (AvgIpc) is 3.16. The van der Waals surface area contributed by atoms with Crippen molar-refractivity contribution in [3.63, 3.8) is 0 Å². The molecule has 0 aliphatic rings. The molecule has 0 saturated carbocycles. The minimum absolute atomic E-state index is 0.145. The van der Waals surface area contributed by atoms with Crippen LogP contribution in [0.4, 0.5) is 0 Å². The van der Waals surface area contributed by atoms with E-state index >= 15 is 0 Å². The third-order valence-corrected chi connectivity index (χ3v) is 4.16. The van der Waals surface area contributed by atoms with Gasteiger partial charge >= 0.3 is 0 Å². The van der Waals surface area contributed by atoms with Crippen molar-refractivity contribution in [3.8, 4) is 23.3 Å². The van der Waals surface area contributed by atoms with E-state index in [2.05, 4.69) is 16.9 Å². The summed E-state index contributed by atoms with van der Waals surface area (Å²) in [6.45, 7) is 2.25. The number of ketones is 1. The van der Waals surface area contributed by atoms with Gasteiger partial charge in [0.25, 0.3) is 0 Å². The summed E-state index contributed by atoms with van der Waals surface area (Å²) in [5, 5.41) is 4.30. The molecule has 136 valence electrons. The number of methoxy groups -OCH3 is 2. The summed E-state index contributed by atoms with van der Waals surface area (Å²) >= 11 is 0. The highest BCUT2D eigenvalue weighted by atomic mass is 16.5. The van der Waals surface area contributed by atoms with E-state index in [1.54, 1.807) is 50.2 Å². The van der Waals surface area contributed by atoms with E-state index in [1.807, 2.05) is 30.3 Å². The highest BCUT2D eigenvalue weighted by Crippen LogP contribution is 2.23. The number of hydrogen-bond acceptors (Lipinski definition) is 4. The zero-order valence-electron chi connectivity index (χ0n) is 15.5. The number of rotatable bonds is 6. The molecule has 2 aromatic carbocycles. The van der Waals surface area contributed by atoms with Crippen molar-refractivity contribution in [2.75, 3.05) is 14.2 Å². The maximum Gasteiger partial charge on any atom is 0.214 e. The maximum atomic E-state index is 13.1. The third-order valence-electron chi connectivity index (χ3n) is 4.16. The summed E-state index contributed by atoms with van der Waals surface area (Å²) in [5.74, 6) is 6.95. The van der Waals surface area contributed by atoms with E-state index in [4.69, 9.17) is 9.47 Å². The normalized spacial score (nSPS) is 10.0. The number of carbonyl (C=O) groups is 1. The fraction of sp³-hybridized carbons (Fsp3) is 0.182. The summed E-state index contributed by atoms with van der Waals surface area (Å²) in [5.41, 5.74) is 2.81. The van der Waals surface area contributed by atoms with E-state index in [0.717, 1.165) is 16.9 Å². The standard InChI is InChI=1S/C22H20N2O3/c1-4-5-16-8-11-19(21(14-16)27-3)22(25)20-12-13-23-24(20)15-17-6-9-18(26-2)10-7-17/h6-14H,15H2,1-3H3. The van der Waals surface area contributed by atoms with Crippen molar-refractivity contribution in [1.29, 1.82) is 0 Å². The van der Waals surface area contributed by atoms with E-state index < -0.39 is 0 Å². The predicted molar refractivity (Wildman–Crippen MR) is 103 cm³/mol. The monoisotopic (exact) mass is 360 g/mol. The molecular weight excluding hydrogens is 340 g/mol. The van der Waals surface area contributed by atoms with Crippen molar-refractivity contribution < 1.29 is 14.3 Å². The van der Waals surface area contributed by atoms with Crippen molar-refractivity contribution in [2.24, 2.45) is 0 Å². The lowest BCUT2D eigenvalue weighted by atomic mass is 10.0. The number of nitrogens with zero attached hydrogens (tertiary/aromatic N) is 2. The van der Waals surface area contributed by atoms with Gasteiger partial charge in [0.05, 0.1) is 26.3 Å². The van der Waals surface area contributed by atoms with E-state index in [0.29, 0.717) is 23.6 Å². The Morgan fingerprint density at radius 1 is 1.07 bits per heavy atom. The first-order valence-electron chi connectivity index (χ1n) is 8.46. The molecule has 0 aliphatic heterocycles. The van der Waals surface area contributed by atoms with Gasteiger partial charge in [0, 0.05) is 11.8 Å². The number of carbonyl (C=O) groups excluding carboxylic acids is 1. The van der Waals surface area contributed by atoms with Crippen molar-refractivity contribution >= 4 is 5.78 Å². The van der Waals surface area contributed by atoms with E-state index in [9.17, 15) is 4.79 Å². The van der Waals surface area contributed by atoms with E-state index in [1.165, 1.54) is 0 Å². The van der Waals surface area contributed by atoms with Crippen LogP contribution in [0.5, 0.6) is 11.5 Å². The largest absolute Gasteiger partial charge is 0.497 e. The molecule has 0 saturated heterocycles. The van der Waals surface area contributed by atoms with Gasteiger partial charge in [-0.2, -0.15) is 5.10 Å². The maximum absolute atomic E-state index is 13.1. The van der Waals surface area contributed by atoms with Crippen LogP contribution in [-0.2, 0) is 6.54 Å². The Morgan fingerprint density at radius 2 is 1.85 bits per heavy atom. The lowest BCUT2D eigenvalue weighted by Crippen LogP contribution is -2.13. The molecular formula is C22H20N2O3. The Bertz CT molecular complexity index is 1010. The van der Waals surface area contributed by atoms with Gasteiger partial charge in [-0.3, -0.25) is 9.48 Å². The second-order valence-electron chi connectivity index (χ2n) is 5.84. The van der Waals surface area contributed by atoms with Gasteiger partial charge in [0.15, 0.2) is 0 Å². The fourth-order valence-corrected chi connectivity index (χ4v) is 2.79. The minimum atomic E-state index is -0.145. The van der Waals surface area contributed by atoms with Crippen LogP contribution in [0.1, 0.15) is 34.1 Å². The number of hydrogen-bond donors (Lipinski definition) is 0. The summed E-state index contributed by atoms with van der Waals surface area (Å²) in [6.07, 6.45) is 1.63. The molecule has 5 nitrogen and oxygen atoms in total. The van der Waals surface area contributed by atoms with Gasteiger partial charge in [-0.15, -0.1) is 5.92 Å². The first-order valence-corrected chi connectivity index (χ1v) is 8.46. The summed E-state index contributed by atoms with van der Waals surface area (Å²) in [6, 6.07) is 14.7. The molecule has 1 aromatic heterocycles. The van der Waals surface area contributed by atoms with Crippen molar-refractivity contribution in [3.05, 3.63) is 77.1 Å². The van der Waals surface area contributed by atoms with Gasteiger partial charge < -0.3 is 9.47 Å². The molecule has 27 heavy (non-hydrogen) atoms. The molecule has 0 radical (unpaired) electrons. The Balaban J connectivity index is 1.90. The van der Waals surface area contributed by atoms with Crippen LogP contribution in [0.2, 0.25) is 0 Å². The Labute approximate surface area is 158 Å². The van der Waals surface area contributed by atoms with Gasteiger partial charge in [-0.25, -0.2) is 0 Å². The Kier molecular flexibility index (Phi) is 5.58. The summed E-state index contributed by atoms with van der Waals surface area (Å²) in [4.78, 5) is 13.1. The molecule has 3 rings (SSSR count). The summed E-state index contributed by atoms with van der Waals surface area (Å²) in [7, 11) is 3.17. The smallest absolute Gasteiger partial charge is 0.214 e. The minimum Gasteiger partial charge on any atom is -0.497 e. The van der Waals surface area contributed by atoms with Crippen molar-refractivity contribution in [1.82, 2.24) is 9.78 Å². The number of ether oxygens (including phenoxy) is 2. The number of benzene rings is 2. The average molecular weight is 360 g/mol. The van der Waals surface area contributed by atoms with Crippen LogP contribution in [0.3, 0.4) is 0 Å². The van der Waals surface area contributed by atoms with E-state index in [-0.39, 0.29) is 5.78 Å². The van der Waals surface area contributed by atoms with Crippen molar-refractivity contribution in [2.45, 2.75) is 13.5 Å². The second kappa shape index (κ2) is 8.24. The molecule has 0 amide bonds. The van der Waals surface area contributed by atoms with Gasteiger partial charge in [-0.05, 0) is 48.9 Å². The SMILES string of the molecule is CC#Cc1ccc(C(=O)c2ccnn2Cc2ccc(OC)cc2)c(OC)c1. The first kappa shape index (κ1) is 18.3. The van der Waals surface area contributed by atoms with Gasteiger partial charge in [0.1, 0.15) is 17.2 Å². The lowest BCUT2D eigenvalue weighted by Gasteiger charge is -2.11. The van der Waals surface area contributed by atoms with Gasteiger partial charge in [0.2, 0.25) is 5.78 Å². The van der Waals surface area contributed by atoms with Crippen LogP contribution in [0.15, 0.2) is 54.7 Å². The second-order valence-corrected chi connectivity index (χ2v) is 5.84. The highest BCUT2D eigenvalue weighted by molar-refractivity contribution is 6.09. The van der Waals surface area contributed by atoms with Crippen LogP contribution >= 0.6 is 0 Å². The molecule has 1 heterocycles. The molecule has 0 atom stereocenters. The third kappa shape index (κ3) is 4.01. The van der Waals surface area contributed by atoms with Crippen LogP contribution in [0.25, 0.3) is 0 Å².